The van der Waals surface area contributed by atoms with E-state index in [0.717, 1.165) is 29.5 Å². The highest BCUT2D eigenvalue weighted by molar-refractivity contribution is 6.46. The Bertz CT molecular complexity index is 1030. The van der Waals surface area contributed by atoms with Gasteiger partial charge in [0.1, 0.15) is 11.5 Å². The van der Waals surface area contributed by atoms with Crippen LogP contribution in [0.4, 0.5) is 0 Å². The molecule has 2 heterocycles. The first kappa shape index (κ1) is 21.1. The Morgan fingerprint density at radius 1 is 1.13 bits per heavy atom. The fourth-order valence-corrected chi connectivity index (χ4v) is 4.25. The van der Waals surface area contributed by atoms with Crippen LogP contribution >= 0.6 is 0 Å². The van der Waals surface area contributed by atoms with Crippen LogP contribution in [0.5, 0.6) is 5.75 Å². The minimum Gasteiger partial charge on any atom is -0.507 e. The first-order valence-electron chi connectivity index (χ1n) is 10.5. The summed E-state index contributed by atoms with van der Waals surface area (Å²) in [6, 6.07) is 12.1. The number of nitrogens with zero attached hydrogens (tertiary/aromatic N) is 1. The Morgan fingerprint density at radius 3 is 2.48 bits per heavy atom. The lowest BCUT2D eigenvalue weighted by Gasteiger charge is -2.27. The van der Waals surface area contributed by atoms with Crippen molar-refractivity contribution >= 4 is 17.4 Å². The maximum atomic E-state index is 13.1. The third kappa shape index (κ3) is 3.95. The molecule has 162 valence electrons. The van der Waals surface area contributed by atoms with Crippen LogP contribution in [0.2, 0.25) is 0 Å². The molecule has 2 aliphatic rings. The van der Waals surface area contributed by atoms with E-state index in [1.807, 2.05) is 38.1 Å². The normalized spacial score (nSPS) is 22.9. The molecule has 4 rings (SSSR count). The van der Waals surface area contributed by atoms with E-state index < -0.39 is 17.7 Å². The van der Waals surface area contributed by atoms with Gasteiger partial charge in [0, 0.05) is 18.7 Å². The average molecular weight is 421 g/mol. The maximum absolute atomic E-state index is 13.1. The number of carbonyl (C=O) groups is 2. The topological polar surface area (TPSA) is 76.1 Å². The van der Waals surface area contributed by atoms with E-state index >= 15 is 0 Å². The molecule has 0 aliphatic carbocycles. The number of ether oxygens (including phenoxy) is 2. The Kier molecular flexibility index (Phi) is 5.83. The number of likely N-dealkylation sites (tertiary alicyclic amines) is 1. The summed E-state index contributed by atoms with van der Waals surface area (Å²) in [6.45, 7) is 4.90. The minimum absolute atomic E-state index is 0.108. The van der Waals surface area contributed by atoms with Crippen molar-refractivity contribution in [3.63, 3.8) is 0 Å². The van der Waals surface area contributed by atoms with Crippen molar-refractivity contribution in [3.8, 4) is 5.75 Å². The van der Waals surface area contributed by atoms with Gasteiger partial charge in [-0.05, 0) is 61.6 Å². The highest BCUT2D eigenvalue weighted by Gasteiger charge is 2.47. The smallest absolute Gasteiger partial charge is 0.295 e. The number of amides is 1. The molecule has 6 nitrogen and oxygen atoms in total. The Balaban J connectivity index is 1.82. The van der Waals surface area contributed by atoms with Gasteiger partial charge in [-0.3, -0.25) is 9.59 Å². The number of Topliss-reactive ketones (excluding diaryl/α,β-unsaturated/α-hetero) is 1. The summed E-state index contributed by atoms with van der Waals surface area (Å²) < 4.78 is 11.0. The third-order valence-electron chi connectivity index (χ3n) is 6.18. The van der Waals surface area contributed by atoms with Gasteiger partial charge in [0.15, 0.2) is 0 Å². The second kappa shape index (κ2) is 8.55. The van der Waals surface area contributed by atoms with Crippen LogP contribution in [-0.4, -0.2) is 48.1 Å². The number of aliphatic hydroxyl groups excluding tert-OH is 1. The van der Waals surface area contributed by atoms with Crippen molar-refractivity contribution in [1.29, 1.82) is 0 Å². The summed E-state index contributed by atoms with van der Waals surface area (Å²) >= 11 is 0. The van der Waals surface area contributed by atoms with E-state index in [-0.39, 0.29) is 17.4 Å². The van der Waals surface area contributed by atoms with Crippen LogP contribution in [0, 0.1) is 13.8 Å². The maximum Gasteiger partial charge on any atom is 0.295 e. The van der Waals surface area contributed by atoms with Crippen molar-refractivity contribution in [1.82, 2.24) is 4.90 Å². The second-order valence-corrected chi connectivity index (χ2v) is 8.16. The average Bonchev–Trinajstić information content (AvgIpc) is 3.38. The lowest BCUT2D eigenvalue weighted by atomic mass is 9.94. The Hall–Kier alpha value is -3.12. The molecule has 1 amide bonds. The number of aliphatic hydroxyl groups is 1. The summed E-state index contributed by atoms with van der Waals surface area (Å²) in [6.07, 6.45) is 1.67. The molecule has 31 heavy (non-hydrogen) atoms. The molecule has 0 bridgehead atoms. The predicted octanol–water partition coefficient (Wildman–Crippen LogP) is 3.91. The van der Waals surface area contributed by atoms with E-state index in [1.165, 1.54) is 4.90 Å². The predicted molar refractivity (Wildman–Crippen MR) is 117 cm³/mol. The second-order valence-electron chi connectivity index (χ2n) is 8.16. The number of methoxy groups -OCH3 is 1. The third-order valence-corrected chi connectivity index (χ3v) is 6.18. The van der Waals surface area contributed by atoms with Gasteiger partial charge in [-0.25, -0.2) is 0 Å². The monoisotopic (exact) mass is 421 g/mol. The highest BCUT2D eigenvalue weighted by atomic mass is 16.5. The molecular formula is C25H27NO5. The fourth-order valence-electron chi connectivity index (χ4n) is 4.25. The van der Waals surface area contributed by atoms with Gasteiger partial charge in [0.25, 0.3) is 11.7 Å². The molecule has 2 atom stereocenters. The van der Waals surface area contributed by atoms with Crippen molar-refractivity contribution < 1.29 is 24.2 Å². The summed E-state index contributed by atoms with van der Waals surface area (Å²) in [7, 11) is 1.58. The number of ketones is 1. The zero-order chi connectivity index (χ0) is 22.1. The SMILES string of the molecule is COc1ccc(C2/C(=C(/O)c3ccc(C)c(C)c3)C(=O)C(=O)N2CC2CCCO2)cc1. The Labute approximate surface area is 182 Å². The number of hydrogen-bond donors (Lipinski definition) is 1. The van der Waals surface area contributed by atoms with E-state index in [9.17, 15) is 14.7 Å². The first-order chi connectivity index (χ1) is 14.9. The van der Waals surface area contributed by atoms with Crippen molar-refractivity contribution in [2.45, 2.75) is 38.8 Å². The molecule has 0 spiro atoms. The standard InChI is InChI=1S/C25H27NO5/c1-15-6-7-18(13-16(15)2)23(27)21-22(17-8-10-19(30-3)11-9-17)26(25(29)24(21)28)14-20-5-4-12-31-20/h6-11,13,20,22,27H,4-5,12,14H2,1-3H3/b23-21-. The van der Waals surface area contributed by atoms with Gasteiger partial charge >= 0.3 is 0 Å². The minimum atomic E-state index is -0.684. The number of carbonyl (C=O) groups excluding carboxylic acids is 2. The van der Waals surface area contributed by atoms with Crippen LogP contribution in [-0.2, 0) is 14.3 Å². The molecule has 0 saturated carbocycles. The zero-order valence-corrected chi connectivity index (χ0v) is 18.1. The molecule has 0 aromatic heterocycles. The summed E-state index contributed by atoms with van der Waals surface area (Å²) in [5.74, 6) is -0.762. The lowest BCUT2D eigenvalue weighted by Crippen LogP contribution is -2.36. The van der Waals surface area contributed by atoms with Gasteiger partial charge in [-0.2, -0.15) is 0 Å². The molecule has 2 unspecified atom stereocenters. The number of aryl methyl sites for hydroxylation is 2. The number of hydrogen-bond acceptors (Lipinski definition) is 5. The summed E-state index contributed by atoms with van der Waals surface area (Å²) in [5, 5.41) is 11.2. The zero-order valence-electron chi connectivity index (χ0n) is 18.1. The van der Waals surface area contributed by atoms with Crippen molar-refractivity contribution in [2.24, 2.45) is 0 Å². The van der Waals surface area contributed by atoms with E-state index in [0.29, 0.717) is 24.5 Å². The molecule has 1 N–H and O–H groups in total. The van der Waals surface area contributed by atoms with Crippen LogP contribution in [0.1, 0.15) is 41.1 Å². The first-order valence-corrected chi connectivity index (χ1v) is 10.5. The quantitative estimate of drug-likeness (QED) is 0.450. The van der Waals surface area contributed by atoms with Gasteiger partial charge in [0.2, 0.25) is 0 Å². The molecule has 2 fully saturated rings. The van der Waals surface area contributed by atoms with E-state index in [4.69, 9.17) is 9.47 Å². The van der Waals surface area contributed by atoms with E-state index in [1.54, 1.807) is 25.3 Å². The molecule has 6 heteroatoms. The number of benzene rings is 2. The molecular weight excluding hydrogens is 394 g/mol. The van der Waals surface area contributed by atoms with Gasteiger partial charge in [-0.1, -0.05) is 24.3 Å². The fraction of sp³-hybridized carbons (Fsp3) is 0.360. The molecule has 2 aromatic carbocycles. The highest BCUT2D eigenvalue weighted by Crippen LogP contribution is 2.40. The van der Waals surface area contributed by atoms with E-state index in [2.05, 4.69) is 0 Å². The summed E-state index contributed by atoms with van der Waals surface area (Å²) in [4.78, 5) is 27.6. The van der Waals surface area contributed by atoms with Gasteiger partial charge in [0.05, 0.1) is 24.8 Å². The summed E-state index contributed by atoms with van der Waals surface area (Å²) in [5.41, 5.74) is 3.46. The van der Waals surface area contributed by atoms with Gasteiger partial charge in [-0.15, -0.1) is 0 Å². The molecule has 2 aliphatic heterocycles. The van der Waals surface area contributed by atoms with Crippen LogP contribution in [0.3, 0.4) is 0 Å². The van der Waals surface area contributed by atoms with Crippen molar-refractivity contribution in [3.05, 3.63) is 70.3 Å². The van der Waals surface area contributed by atoms with Crippen molar-refractivity contribution in [2.75, 3.05) is 20.3 Å². The lowest BCUT2D eigenvalue weighted by molar-refractivity contribution is -0.140. The van der Waals surface area contributed by atoms with Crippen LogP contribution in [0.15, 0.2) is 48.0 Å². The van der Waals surface area contributed by atoms with Crippen LogP contribution < -0.4 is 4.74 Å². The number of rotatable bonds is 5. The molecule has 2 aromatic rings. The molecule has 0 radical (unpaired) electrons. The molecule has 2 saturated heterocycles. The Morgan fingerprint density at radius 2 is 1.87 bits per heavy atom. The van der Waals surface area contributed by atoms with Crippen LogP contribution in [0.25, 0.3) is 5.76 Å². The largest absolute Gasteiger partial charge is 0.507 e. The van der Waals surface area contributed by atoms with Gasteiger partial charge < -0.3 is 19.5 Å².